The summed E-state index contributed by atoms with van der Waals surface area (Å²) in [5.41, 5.74) is 1.35. The monoisotopic (exact) mass is 352 g/mol. The van der Waals surface area contributed by atoms with Crippen molar-refractivity contribution in [3.8, 4) is 5.75 Å². The van der Waals surface area contributed by atoms with E-state index in [9.17, 15) is 4.79 Å². The van der Waals surface area contributed by atoms with Crippen LogP contribution in [0.2, 0.25) is 0 Å². The van der Waals surface area contributed by atoms with Gasteiger partial charge in [-0.15, -0.1) is 11.8 Å². The number of aromatic carboxylic acids is 1. The van der Waals surface area contributed by atoms with Gasteiger partial charge in [-0.1, -0.05) is 22.0 Å². The molecule has 20 heavy (non-hydrogen) atoms. The Morgan fingerprint density at radius 3 is 2.50 bits per heavy atom. The van der Waals surface area contributed by atoms with Crippen molar-refractivity contribution in [3.05, 3.63) is 58.1 Å². The Morgan fingerprint density at radius 1 is 1.25 bits per heavy atom. The second-order valence-corrected chi connectivity index (χ2v) is 5.98. The zero-order valence-electron chi connectivity index (χ0n) is 10.8. The van der Waals surface area contributed by atoms with Gasteiger partial charge in [0.15, 0.2) is 0 Å². The average molecular weight is 353 g/mol. The minimum absolute atomic E-state index is 0.287. The summed E-state index contributed by atoms with van der Waals surface area (Å²) in [4.78, 5) is 12.0. The van der Waals surface area contributed by atoms with E-state index in [2.05, 4.69) is 15.9 Å². The Kier molecular flexibility index (Phi) is 5.09. The van der Waals surface area contributed by atoms with E-state index in [1.807, 2.05) is 30.3 Å². The first-order valence-corrected chi connectivity index (χ1v) is 7.66. The van der Waals surface area contributed by atoms with Crippen LogP contribution in [-0.4, -0.2) is 18.2 Å². The minimum Gasteiger partial charge on any atom is -0.497 e. The number of halogens is 1. The lowest BCUT2D eigenvalue weighted by atomic mass is 10.1. The smallest absolute Gasteiger partial charge is 0.335 e. The van der Waals surface area contributed by atoms with Gasteiger partial charge in [0.1, 0.15) is 5.75 Å². The fraction of sp³-hybridized carbons (Fsp3) is 0.133. The molecule has 5 heteroatoms. The van der Waals surface area contributed by atoms with Crippen molar-refractivity contribution in [2.24, 2.45) is 0 Å². The quantitative estimate of drug-likeness (QED) is 0.807. The molecular formula is C15H13BrO3S. The van der Waals surface area contributed by atoms with E-state index in [-0.39, 0.29) is 5.56 Å². The molecule has 2 aromatic rings. The number of ether oxygens (including phenoxy) is 1. The number of benzene rings is 2. The van der Waals surface area contributed by atoms with Gasteiger partial charge in [0.05, 0.1) is 12.7 Å². The molecule has 0 fully saturated rings. The first-order chi connectivity index (χ1) is 9.60. The molecular weight excluding hydrogens is 340 g/mol. The summed E-state index contributed by atoms with van der Waals surface area (Å²) in [6.45, 7) is 0. The molecule has 2 aromatic carbocycles. The number of carboxylic acid groups (broad SMARTS) is 1. The van der Waals surface area contributed by atoms with E-state index in [0.717, 1.165) is 26.4 Å². The van der Waals surface area contributed by atoms with E-state index in [4.69, 9.17) is 9.84 Å². The van der Waals surface area contributed by atoms with Gasteiger partial charge in [-0.3, -0.25) is 0 Å². The van der Waals surface area contributed by atoms with Gasteiger partial charge in [-0.2, -0.15) is 0 Å². The lowest BCUT2D eigenvalue weighted by Gasteiger charge is -2.06. The third-order valence-corrected chi connectivity index (χ3v) is 4.55. The van der Waals surface area contributed by atoms with Crippen LogP contribution in [0.4, 0.5) is 0 Å². The van der Waals surface area contributed by atoms with Gasteiger partial charge in [0.2, 0.25) is 0 Å². The highest BCUT2D eigenvalue weighted by atomic mass is 79.9. The molecule has 0 spiro atoms. The van der Waals surface area contributed by atoms with Crippen LogP contribution in [0.1, 0.15) is 15.9 Å². The van der Waals surface area contributed by atoms with Gasteiger partial charge >= 0.3 is 5.97 Å². The van der Waals surface area contributed by atoms with E-state index in [0.29, 0.717) is 0 Å². The third kappa shape index (κ3) is 3.77. The average Bonchev–Trinajstić information content (AvgIpc) is 2.46. The molecule has 0 amide bonds. The molecule has 104 valence electrons. The fourth-order valence-electron chi connectivity index (χ4n) is 1.63. The summed E-state index contributed by atoms with van der Waals surface area (Å²) in [5, 5.41) is 8.92. The Balaban J connectivity index is 2.04. The SMILES string of the molecule is COc1ccc(SCc2ccc(C(=O)O)cc2Br)cc1. The number of carbonyl (C=O) groups is 1. The Labute approximate surface area is 130 Å². The van der Waals surface area contributed by atoms with E-state index < -0.39 is 5.97 Å². The number of hydrogen-bond donors (Lipinski definition) is 1. The molecule has 0 saturated carbocycles. The number of methoxy groups -OCH3 is 1. The molecule has 0 bridgehead atoms. The second kappa shape index (κ2) is 6.81. The molecule has 3 nitrogen and oxygen atoms in total. The van der Waals surface area contributed by atoms with E-state index in [1.54, 1.807) is 31.0 Å². The van der Waals surface area contributed by atoms with Crippen LogP contribution in [0.5, 0.6) is 5.75 Å². The van der Waals surface area contributed by atoms with Crippen molar-refractivity contribution in [2.75, 3.05) is 7.11 Å². The van der Waals surface area contributed by atoms with Crippen LogP contribution in [0.3, 0.4) is 0 Å². The second-order valence-electron chi connectivity index (χ2n) is 4.08. The van der Waals surface area contributed by atoms with Crippen LogP contribution in [0.25, 0.3) is 0 Å². The molecule has 0 saturated heterocycles. The molecule has 1 N–H and O–H groups in total. The topological polar surface area (TPSA) is 46.5 Å². The summed E-state index contributed by atoms with van der Waals surface area (Å²) >= 11 is 5.10. The lowest BCUT2D eigenvalue weighted by molar-refractivity contribution is 0.0697. The molecule has 0 atom stereocenters. The van der Waals surface area contributed by atoms with Gasteiger partial charge in [0.25, 0.3) is 0 Å². The molecule has 0 aliphatic heterocycles. The number of thioether (sulfide) groups is 1. The zero-order valence-corrected chi connectivity index (χ0v) is 13.2. The molecule has 2 rings (SSSR count). The number of carboxylic acids is 1. The van der Waals surface area contributed by atoms with Gasteiger partial charge in [-0.05, 0) is 42.0 Å². The predicted molar refractivity (Wildman–Crippen MR) is 83.7 cm³/mol. The van der Waals surface area contributed by atoms with Crippen LogP contribution in [-0.2, 0) is 5.75 Å². The highest BCUT2D eigenvalue weighted by molar-refractivity contribution is 9.10. The normalized spacial score (nSPS) is 10.3. The first-order valence-electron chi connectivity index (χ1n) is 5.88. The van der Waals surface area contributed by atoms with Crippen LogP contribution >= 0.6 is 27.7 Å². The first kappa shape index (κ1) is 14.9. The van der Waals surface area contributed by atoms with Crippen LogP contribution < -0.4 is 4.74 Å². The van der Waals surface area contributed by atoms with Gasteiger partial charge < -0.3 is 9.84 Å². The number of hydrogen-bond acceptors (Lipinski definition) is 3. The van der Waals surface area contributed by atoms with E-state index in [1.165, 1.54) is 0 Å². The molecule has 0 heterocycles. The van der Waals surface area contributed by atoms with Crippen LogP contribution in [0.15, 0.2) is 51.8 Å². The largest absolute Gasteiger partial charge is 0.497 e. The van der Waals surface area contributed by atoms with Crippen molar-refractivity contribution in [2.45, 2.75) is 10.6 Å². The van der Waals surface area contributed by atoms with Crippen molar-refractivity contribution in [1.29, 1.82) is 0 Å². The minimum atomic E-state index is -0.917. The highest BCUT2D eigenvalue weighted by Gasteiger charge is 2.07. The Bertz CT molecular complexity index is 611. The summed E-state index contributed by atoms with van der Waals surface area (Å²) in [7, 11) is 1.64. The maximum Gasteiger partial charge on any atom is 0.335 e. The predicted octanol–water partition coefficient (Wildman–Crippen LogP) is 4.45. The maximum absolute atomic E-state index is 10.9. The fourth-order valence-corrected chi connectivity index (χ4v) is 3.24. The van der Waals surface area contributed by atoms with Gasteiger partial charge in [-0.25, -0.2) is 4.79 Å². The standard InChI is InChI=1S/C15H13BrO3S/c1-19-12-4-6-13(7-5-12)20-9-11-3-2-10(15(17)18)8-14(11)16/h2-8H,9H2,1H3,(H,17,18). The number of rotatable bonds is 5. The highest BCUT2D eigenvalue weighted by Crippen LogP contribution is 2.28. The Hall–Kier alpha value is -1.46. The van der Waals surface area contributed by atoms with E-state index >= 15 is 0 Å². The Morgan fingerprint density at radius 2 is 1.95 bits per heavy atom. The van der Waals surface area contributed by atoms with Crippen molar-refractivity contribution in [3.63, 3.8) is 0 Å². The summed E-state index contributed by atoms with van der Waals surface area (Å²) in [5.74, 6) is 0.689. The lowest BCUT2D eigenvalue weighted by Crippen LogP contribution is -1.96. The summed E-state index contributed by atoms with van der Waals surface area (Å²) in [6.07, 6.45) is 0. The molecule has 0 aliphatic rings. The molecule has 0 aromatic heterocycles. The summed E-state index contributed by atoms with van der Waals surface area (Å²) in [6, 6.07) is 12.9. The molecule has 0 radical (unpaired) electrons. The molecule has 0 aliphatic carbocycles. The van der Waals surface area contributed by atoms with Crippen molar-refractivity contribution >= 4 is 33.7 Å². The zero-order chi connectivity index (χ0) is 14.5. The molecule has 0 unspecified atom stereocenters. The van der Waals surface area contributed by atoms with Gasteiger partial charge in [0, 0.05) is 15.1 Å². The summed E-state index contributed by atoms with van der Waals surface area (Å²) < 4.78 is 5.93. The van der Waals surface area contributed by atoms with Crippen LogP contribution in [0, 0.1) is 0 Å². The maximum atomic E-state index is 10.9. The third-order valence-electron chi connectivity index (χ3n) is 2.75. The van der Waals surface area contributed by atoms with Crippen molar-refractivity contribution < 1.29 is 14.6 Å². The van der Waals surface area contributed by atoms with Crippen molar-refractivity contribution in [1.82, 2.24) is 0 Å².